The lowest BCUT2D eigenvalue weighted by Gasteiger charge is -2.20. The molecule has 3 aromatic carbocycles. The number of nitrogens with two attached hydrogens (primary N) is 1. The number of amides is 1. The molecule has 1 unspecified atom stereocenters. The Bertz CT molecular complexity index is 958. The molecule has 5 heteroatoms. The van der Waals surface area contributed by atoms with Gasteiger partial charge in [-0.15, -0.1) is 0 Å². The summed E-state index contributed by atoms with van der Waals surface area (Å²) in [7, 11) is 0. The number of fused-ring (bicyclic) bond motifs is 2. The van der Waals surface area contributed by atoms with Crippen molar-refractivity contribution < 1.29 is 4.79 Å². The van der Waals surface area contributed by atoms with Crippen LogP contribution in [0.5, 0.6) is 0 Å². The minimum atomic E-state index is -0.627. The normalized spacial score (nSPS) is 14.5. The maximum Gasteiger partial charge on any atom is 0.240 e. The third-order valence-corrected chi connectivity index (χ3v) is 5.46. The molecule has 0 radical (unpaired) electrons. The zero-order valence-corrected chi connectivity index (χ0v) is 15.6. The van der Waals surface area contributed by atoms with Gasteiger partial charge in [0.15, 0.2) is 0 Å². The van der Waals surface area contributed by atoms with Crippen molar-refractivity contribution in [3.05, 3.63) is 81.3 Å². The van der Waals surface area contributed by atoms with Gasteiger partial charge in [0.2, 0.25) is 5.91 Å². The SMILES string of the molecule is NC(Cc1ccc(Cl)cc1Cl)C(=O)N1Cc2cc3ccccc3cc2C1. The molecule has 1 amide bonds. The largest absolute Gasteiger partial charge is 0.333 e. The van der Waals surface area contributed by atoms with Crippen LogP contribution in [0.2, 0.25) is 10.0 Å². The molecular formula is C21H18Cl2N2O. The lowest BCUT2D eigenvalue weighted by Crippen LogP contribution is -2.42. The first kappa shape index (κ1) is 17.3. The highest BCUT2D eigenvalue weighted by Crippen LogP contribution is 2.29. The molecule has 1 aliphatic heterocycles. The fourth-order valence-corrected chi connectivity index (χ4v) is 3.98. The summed E-state index contributed by atoms with van der Waals surface area (Å²) in [4.78, 5) is 14.6. The Hall–Kier alpha value is -2.07. The second kappa shape index (κ2) is 6.92. The van der Waals surface area contributed by atoms with Gasteiger partial charge in [0.1, 0.15) is 0 Å². The molecule has 4 rings (SSSR count). The molecule has 1 heterocycles. The first-order chi connectivity index (χ1) is 12.5. The van der Waals surface area contributed by atoms with Crippen molar-refractivity contribution in [2.45, 2.75) is 25.6 Å². The Kier molecular flexibility index (Phi) is 4.62. The van der Waals surface area contributed by atoms with E-state index in [1.165, 1.54) is 21.9 Å². The van der Waals surface area contributed by atoms with Gasteiger partial charge >= 0.3 is 0 Å². The van der Waals surface area contributed by atoms with Crippen LogP contribution in [-0.2, 0) is 24.3 Å². The van der Waals surface area contributed by atoms with Crippen molar-refractivity contribution in [3.8, 4) is 0 Å². The summed E-state index contributed by atoms with van der Waals surface area (Å²) in [6, 6.07) is 17.2. The van der Waals surface area contributed by atoms with E-state index in [2.05, 4.69) is 24.3 Å². The lowest BCUT2D eigenvalue weighted by atomic mass is 10.0. The second-order valence-electron chi connectivity index (χ2n) is 6.71. The minimum absolute atomic E-state index is 0.0590. The number of hydrogen-bond acceptors (Lipinski definition) is 2. The first-order valence-electron chi connectivity index (χ1n) is 8.50. The smallest absolute Gasteiger partial charge is 0.240 e. The van der Waals surface area contributed by atoms with Crippen LogP contribution >= 0.6 is 23.2 Å². The van der Waals surface area contributed by atoms with Gasteiger partial charge in [-0.3, -0.25) is 4.79 Å². The molecule has 1 atom stereocenters. The number of halogens is 2. The van der Waals surface area contributed by atoms with Gasteiger partial charge in [0.25, 0.3) is 0 Å². The van der Waals surface area contributed by atoms with Gasteiger partial charge in [-0.2, -0.15) is 0 Å². The quantitative estimate of drug-likeness (QED) is 0.719. The van der Waals surface area contributed by atoms with Crippen molar-refractivity contribution in [2.24, 2.45) is 5.73 Å². The van der Waals surface area contributed by atoms with Crippen molar-refractivity contribution in [2.75, 3.05) is 0 Å². The molecule has 0 saturated heterocycles. The third-order valence-electron chi connectivity index (χ3n) is 4.87. The van der Waals surface area contributed by atoms with Gasteiger partial charge in [0, 0.05) is 23.1 Å². The van der Waals surface area contributed by atoms with Gasteiger partial charge in [0.05, 0.1) is 6.04 Å². The van der Waals surface area contributed by atoms with E-state index in [4.69, 9.17) is 28.9 Å². The number of nitrogens with zero attached hydrogens (tertiary/aromatic N) is 1. The summed E-state index contributed by atoms with van der Waals surface area (Å²) >= 11 is 12.1. The molecule has 0 saturated carbocycles. The molecule has 26 heavy (non-hydrogen) atoms. The molecule has 0 aliphatic carbocycles. The van der Waals surface area contributed by atoms with E-state index in [9.17, 15) is 4.79 Å². The Morgan fingerprint density at radius 2 is 1.62 bits per heavy atom. The van der Waals surface area contributed by atoms with E-state index in [1.807, 2.05) is 23.1 Å². The van der Waals surface area contributed by atoms with Crippen molar-refractivity contribution in [1.82, 2.24) is 4.90 Å². The van der Waals surface area contributed by atoms with E-state index in [1.54, 1.807) is 12.1 Å². The summed E-state index contributed by atoms with van der Waals surface area (Å²) in [5.74, 6) is -0.0590. The maximum atomic E-state index is 12.8. The molecule has 3 aromatic rings. The van der Waals surface area contributed by atoms with Crippen LogP contribution in [0.3, 0.4) is 0 Å². The average Bonchev–Trinajstić information content (AvgIpc) is 3.04. The summed E-state index contributed by atoms with van der Waals surface area (Å²) in [5, 5.41) is 3.49. The van der Waals surface area contributed by atoms with Crippen LogP contribution in [0.25, 0.3) is 10.8 Å². The van der Waals surface area contributed by atoms with E-state index < -0.39 is 6.04 Å². The van der Waals surface area contributed by atoms with E-state index >= 15 is 0 Å². The Morgan fingerprint density at radius 3 is 2.19 bits per heavy atom. The van der Waals surface area contributed by atoms with Crippen molar-refractivity contribution >= 4 is 39.9 Å². The number of rotatable bonds is 3. The van der Waals surface area contributed by atoms with Crippen LogP contribution < -0.4 is 5.73 Å². The first-order valence-corrected chi connectivity index (χ1v) is 9.26. The van der Waals surface area contributed by atoms with Crippen LogP contribution in [0.4, 0.5) is 0 Å². The van der Waals surface area contributed by atoms with Gasteiger partial charge in [-0.05, 0) is 58.1 Å². The average molecular weight is 385 g/mol. The highest BCUT2D eigenvalue weighted by molar-refractivity contribution is 6.35. The molecule has 2 N–H and O–H groups in total. The fourth-order valence-electron chi connectivity index (χ4n) is 3.50. The lowest BCUT2D eigenvalue weighted by molar-refractivity contribution is -0.133. The Balaban J connectivity index is 1.50. The van der Waals surface area contributed by atoms with Gasteiger partial charge in [-0.1, -0.05) is 53.5 Å². The third kappa shape index (κ3) is 3.30. The maximum absolute atomic E-state index is 12.8. The summed E-state index contributed by atoms with van der Waals surface area (Å²) in [5.41, 5.74) is 9.40. The number of carbonyl (C=O) groups is 1. The van der Waals surface area contributed by atoms with Crippen molar-refractivity contribution in [3.63, 3.8) is 0 Å². The molecule has 0 aromatic heterocycles. The zero-order valence-electron chi connectivity index (χ0n) is 14.1. The van der Waals surface area contributed by atoms with Crippen LogP contribution in [-0.4, -0.2) is 16.8 Å². The van der Waals surface area contributed by atoms with E-state index in [0.29, 0.717) is 29.6 Å². The minimum Gasteiger partial charge on any atom is -0.333 e. The van der Waals surface area contributed by atoms with E-state index in [0.717, 1.165) is 5.56 Å². The van der Waals surface area contributed by atoms with Gasteiger partial charge < -0.3 is 10.6 Å². The predicted octanol–water partition coefficient (Wildman–Crippen LogP) is 4.56. The molecule has 0 bridgehead atoms. The zero-order chi connectivity index (χ0) is 18.3. The Morgan fingerprint density at radius 1 is 1.00 bits per heavy atom. The van der Waals surface area contributed by atoms with Crippen LogP contribution in [0, 0.1) is 0 Å². The van der Waals surface area contributed by atoms with Crippen LogP contribution in [0.15, 0.2) is 54.6 Å². The monoisotopic (exact) mass is 384 g/mol. The molecule has 1 aliphatic rings. The summed E-state index contributed by atoms with van der Waals surface area (Å²) < 4.78 is 0. The Labute approximate surface area is 162 Å². The molecule has 132 valence electrons. The number of benzene rings is 3. The molecule has 3 nitrogen and oxygen atoms in total. The number of hydrogen-bond donors (Lipinski definition) is 1. The standard InChI is InChI=1S/C21H18Cl2N2O/c22-18-6-5-15(19(23)10-18)9-20(24)21(26)25-11-16-7-13-3-1-2-4-14(13)8-17(16)12-25/h1-8,10,20H,9,11-12,24H2. The van der Waals surface area contributed by atoms with E-state index in [-0.39, 0.29) is 5.91 Å². The highest BCUT2D eigenvalue weighted by Gasteiger charge is 2.28. The predicted molar refractivity (Wildman–Crippen MR) is 106 cm³/mol. The molecule has 0 fully saturated rings. The van der Waals surface area contributed by atoms with Crippen molar-refractivity contribution in [1.29, 1.82) is 0 Å². The summed E-state index contributed by atoms with van der Waals surface area (Å²) in [6.07, 6.45) is 0.393. The van der Waals surface area contributed by atoms with Crippen LogP contribution in [0.1, 0.15) is 16.7 Å². The molecule has 0 spiro atoms. The topological polar surface area (TPSA) is 46.3 Å². The fraction of sp³-hybridized carbons (Fsp3) is 0.190. The molecular weight excluding hydrogens is 367 g/mol. The second-order valence-corrected chi connectivity index (χ2v) is 7.55. The number of carbonyl (C=O) groups excluding carboxylic acids is 1. The van der Waals surface area contributed by atoms with Gasteiger partial charge in [-0.25, -0.2) is 0 Å². The summed E-state index contributed by atoms with van der Waals surface area (Å²) in [6.45, 7) is 1.20. The highest BCUT2D eigenvalue weighted by atomic mass is 35.5.